The highest BCUT2D eigenvalue weighted by Crippen LogP contribution is 2.34. The van der Waals surface area contributed by atoms with E-state index >= 15 is 0 Å². The summed E-state index contributed by atoms with van der Waals surface area (Å²) in [7, 11) is -3.32. The predicted octanol–water partition coefficient (Wildman–Crippen LogP) is 3.48. The lowest BCUT2D eigenvalue weighted by Gasteiger charge is -2.15. The molecule has 0 spiro atoms. The standard InChI is InChI=1S/C21H19N3O5S.C2HF3O2/c1-30(27,28)14-7-5-13(6-8-14)29-20-11-18-17(10-15(20)19(26)12-25)23-21(24-18)16-4-2-3-9-22-16;3-2(4,5)1(6)7/h2-11,19,25-26H,12H2,1H3,(H,23,24);(H,6,7). The Labute approximate surface area is 207 Å². The summed E-state index contributed by atoms with van der Waals surface area (Å²) in [6, 6.07) is 14.7. The van der Waals surface area contributed by atoms with Gasteiger partial charge in [0.25, 0.3) is 0 Å². The van der Waals surface area contributed by atoms with E-state index in [2.05, 4.69) is 15.0 Å². The van der Waals surface area contributed by atoms with Crippen molar-refractivity contribution in [2.24, 2.45) is 0 Å². The van der Waals surface area contributed by atoms with Crippen molar-refractivity contribution >= 4 is 26.8 Å². The summed E-state index contributed by atoms with van der Waals surface area (Å²) in [6.45, 7) is -0.490. The number of aliphatic hydroxyl groups excluding tert-OH is 2. The first-order valence-electron chi connectivity index (χ1n) is 10.3. The van der Waals surface area contributed by atoms with Gasteiger partial charge in [-0.15, -0.1) is 0 Å². The number of pyridine rings is 1. The number of fused-ring (bicyclic) bond motifs is 1. The zero-order valence-corrected chi connectivity index (χ0v) is 19.8. The van der Waals surface area contributed by atoms with Crippen LogP contribution in [0, 0.1) is 0 Å². The number of imidazole rings is 1. The van der Waals surface area contributed by atoms with Crippen LogP contribution in [0.2, 0.25) is 0 Å². The fourth-order valence-corrected chi connectivity index (χ4v) is 3.64. The molecule has 14 heteroatoms. The van der Waals surface area contributed by atoms with E-state index in [4.69, 9.17) is 14.6 Å². The number of aromatic amines is 1. The molecule has 0 aliphatic rings. The third-order valence-electron chi connectivity index (χ3n) is 4.78. The summed E-state index contributed by atoms with van der Waals surface area (Å²) in [4.78, 5) is 21.0. The van der Waals surface area contributed by atoms with Gasteiger partial charge in [0.1, 0.15) is 23.3 Å². The van der Waals surface area contributed by atoms with E-state index in [0.717, 1.165) is 6.26 Å². The van der Waals surface area contributed by atoms with Crippen LogP contribution in [-0.4, -0.2) is 63.7 Å². The van der Waals surface area contributed by atoms with Crippen LogP contribution in [0.15, 0.2) is 65.7 Å². The second-order valence-corrected chi connectivity index (χ2v) is 9.57. The molecular weight excluding hydrogens is 519 g/mol. The minimum atomic E-state index is -5.08. The van der Waals surface area contributed by atoms with Crippen LogP contribution in [-0.2, 0) is 14.6 Å². The SMILES string of the molecule is CS(=O)(=O)c1ccc(Oc2cc3nc(-c4ccccn4)[nH]c3cc2C(O)CO)cc1.O=C(O)C(F)(F)F. The molecule has 0 radical (unpaired) electrons. The molecule has 0 bridgehead atoms. The number of carboxylic acids is 1. The molecule has 10 nitrogen and oxygen atoms in total. The molecule has 0 saturated carbocycles. The molecule has 0 saturated heterocycles. The van der Waals surface area contributed by atoms with E-state index < -0.39 is 34.7 Å². The molecule has 0 aliphatic heterocycles. The summed E-state index contributed by atoms with van der Waals surface area (Å²) in [6.07, 6.45) is -3.46. The van der Waals surface area contributed by atoms with E-state index in [-0.39, 0.29) is 4.90 Å². The molecule has 196 valence electrons. The van der Waals surface area contributed by atoms with Gasteiger partial charge in [-0.1, -0.05) is 6.07 Å². The number of nitrogens with one attached hydrogen (secondary N) is 1. The average Bonchev–Trinajstić information content (AvgIpc) is 3.26. The van der Waals surface area contributed by atoms with Crippen molar-refractivity contribution in [1.29, 1.82) is 0 Å². The zero-order valence-electron chi connectivity index (χ0n) is 19.0. The lowest BCUT2D eigenvalue weighted by Crippen LogP contribution is -2.21. The number of aromatic nitrogens is 3. The number of halogens is 3. The summed E-state index contributed by atoms with van der Waals surface area (Å²) < 4.78 is 60.9. The zero-order chi connectivity index (χ0) is 27.4. The molecular formula is C23H20F3N3O7S. The van der Waals surface area contributed by atoms with Gasteiger partial charge in [-0.3, -0.25) is 4.98 Å². The quantitative estimate of drug-likeness (QED) is 0.287. The number of alkyl halides is 3. The first-order chi connectivity index (χ1) is 17.3. The fraction of sp³-hybridized carbons (Fsp3) is 0.174. The molecule has 0 amide bonds. The van der Waals surface area contributed by atoms with Crippen molar-refractivity contribution in [2.45, 2.75) is 17.2 Å². The highest BCUT2D eigenvalue weighted by molar-refractivity contribution is 7.90. The number of carboxylic acid groups (broad SMARTS) is 1. The highest BCUT2D eigenvalue weighted by Gasteiger charge is 2.38. The number of sulfone groups is 1. The maximum absolute atomic E-state index is 11.6. The Balaban J connectivity index is 0.000000479. The number of aliphatic carboxylic acids is 1. The molecule has 0 fully saturated rings. The number of hydrogen-bond acceptors (Lipinski definition) is 8. The van der Waals surface area contributed by atoms with Gasteiger partial charge in [0.15, 0.2) is 15.7 Å². The van der Waals surface area contributed by atoms with Crippen molar-refractivity contribution in [3.63, 3.8) is 0 Å². The Kier molecular flexibility index (Phi) is 8.15. The molecule has 0 aliphatic carbocycles. The molecule has 4 N–H and O–H groups in total. The van der Waals surface area contributed by atoms with E-state index in [1.165, 1.54) is 24.3 Å². The lowest BCUT2D eigenvalue weighted by atomic mass is 10.1. The van der Waals surface area contributed by atoms with E-state index in [0.29, 0.717) is 39.6 Å². The van der Waals surface area contributed by atoms with Crippen molar-refractivity contribution < 1.29 is 46.4 Å². The smallest absolute Gasteiger partial charge is 0.475 e. The monoisotopic (exact) mass is 539 g/mol. The molecule has 2 aromatic heterocycles. The van der Waals surface area contributed by atoms with Gasteiger partial charge in [-0.05, 0) is 42.5 Å². The van der Waals surface area contributed by atoms with Gasteiger partial charge in [-0.25, -0.2) is 18.2 Å². The number of ether oxygens (including phenoxy) is 1. The Bertz CT molecular complexity index is 1490. The molecule has 2 heterocycles. The van der Waals surface area contributed by atoms with Crippen molar-refractivity contribution in [2.75, 3.05) is 12.9 Å². The van der Waals surface area contributed by atoms with Gasteiger partial charge >= 0.3 is 12.1 Å². The Morgan fingerprint density at radius 1 is 1.14 bits per heavy atom. The van der Waals surface area contributed by atoms with Crippen molar-refractivity contribution in [3.05, 3.63) is 66.4 Å². The number of H-pyrrole nitrogens is 1. The lowest BCUT2D eigenvalue weighted by molar-refractivity contribution is -0.192. The van der Waals surface area contributed by atoms with Crippen molar-refractivity contribution in [1.82, 2.24) is 15.0 Å². The molecule has 2 aromatic carbocycles. The fourth-order valence-electron chi connectivity index (χ4n) is 3.01. The van der Waals surface area contributed by atoms with E-state index in [1.807, 2.05) is 18.2 Å². The van der Waals surface area contributed by atoms with Crippen LogP contribution >= 0.6 is 0 Å². The Hall–Kier alpha value is -4.01. The normalized spacial score (nSPS) is 12.5. The van der Waals surface area contributed by atoms with Gasteiger partial charge in [-0.2, -0.15) is 13.2 Å². The Morgan fingerprint density at radius 2 is 1.78 bits per heavy atom. The van der Waals surface area contributed by atoms with Crippen LogP contribution < -0.4 is 4.74 Å². The minimum absolute atomic E-state index is 0.174. The number of nitrogens with zero attached hydrogens (tertiary/aromatic N) is 2. The van der Waals surface area contributed by atoms with Gasteiger partial charge in [0, 0.05) is 24.1 Å². The molecule has 4 aromatic rings. The number of benzene rings is 2. The minimum Gasteiger partial charge on any atom is -0.475 e. The van der Waals surface area contributed by atoms with E-state index in [9.17, 15) is 31.8 Å². The molecule has 1 atom stereocenters. The number of hydrogen-bond donors (Lipinski definition) is 4. The summed E-state index contributed by atoms with van der Waals surface area (Å²) in [5, 5.41) is 26.8. The largest absolute Gasteiger partial charge is 0.490 e. The first-order valence-corrected chi connectivity index (χ1v) is 12.2. The number of rotatable bonds is 6. The predicted molar refractivity (Wildman–Crippen MR) is 125 cm³/mol. The first kappa shape index (κ1) is 27.6. The summed E-state index contributed by atoms with van der Waals surface area (Å²) in [5.41, 5.74) is 2.27. The molecule has 37 heavy (non-hydrogen) atoms. The second kappa shape index (κ2) is 10.9. The Morgan fingerprint density at radius 3 is 2.30 bits per heavy atom. The topological polar surface area (TPSA) is 163 Å². The number of carbonyl (C=O) groups is 1. The average molecular weight is 539 g/mol. The van der Waals surface area contributed by atoms with Crippen LogP contribution in [0.1, 0.15) is 11.7 Å². The van der Waals surface area contributed by atoms with E-state index in [1.54, 1.807) is 18.3 Å². The molecule has 4 rings (SSSR count). The second-order valence-electron chi connectivity index (χ2n) is 7.55. The number of aliphatic hydroxyl groups is 2. The third-order valence-corrected chi connectivity index (χ3v) is 5.90. The third kappa shape index (κ3) is 7.03. The van der Waals surface area contributed by atoms with Crippen LogP contribution in [0.5, 0.6) is 11.5 Å². The maximum Gasteiger partial charge on any atom is 0.490 e. The van der Waals surface area contributed by atoms with Gasteiger partial charge < -0.3 is 25.0 Å². The summed E-state index contributed by atoms with van der Waals surface area (Å²) >= 11 is 0. The van der Waals surface area contributed by atoms with Crippen molar-refractivity contribution in [3.8, 4) is 23.0 Å². The van der Waals surface area contributed by atoms with Crippen LogP contribution in [0.4, 0.5) is 13.2 Å². The maximum atomic E-state index is 11.6. The summed E-state index contributed by atoms with van der Waals surface area (Å²) in [5.74, 6) is -1.51. The van der Waals surface area contributed by atoms with Gasteiger partial charge in [0.2, 0.25) is 0 Å². The molecule has 1 unspecified atom stereocenters. The highest BCUT2D eigenvalue weighted by atomic mass is 32.2. The van der Waals surface area contributed by atoms with Crippen LogP contribution in [0.3, 0.4) is 0 Å². The van der Waals surface area contributed by atoms with Gasteiger partial charge in [0.05, 0.1) is 22.5 Å². The van der Waals surface area contributed by atoms with Crippen LogP contribution in [0.25, 0.3) is 22.6 Å².